The summed E-state index contributed by atoms with van der Waals surface area (Å²) in [4.78, 5) is 14.4. The van der Waals surface area contributed by atoms with Crippen molar-refractivity contribution in [2.75, 3.05) is 23.7 Å². The SMILES string of the molecule is Nc1cncc(-c2c[nH]c3nccc(N4CCCCC4)c23)c1. The molecule has 1 aliphatic rings. The Morgan fingerprint density at radius 1 is 1.14 bits per heavy atom. The molecular formula is C17H19N5. The van der Waals surface area contributed by atoms with E-state index in [4.69, 9.17) is 5.73 Å². The molecule has 0 aromatic carbocycles. The van der Waals surface area contributed by atoms with Crippen LogP contribution in [-0.2, 0) is 0 Å². The van der Waals surface area contributed by atoms with E-state index in [1.54, 1.807) is 6.20 Å². The molecule has 0 aliphatic carbocycles. The number of hydrogen-bond acceptors (Lipinski definition) is 4. The van der Waals surface area contributed by atoms with Gasteiger partial charge in [0.1, 0.15) is 5.65 Å². The fourth-order valence-electron chi connectivity index (χ4n) is 3.27. The van der Waals surface area contributed by atoms with Gasteiger partial charge in [0.2, 0.25) is 0 Å². The Kier molecular flexibility index (Phi) is 3.18. The monoisotopic (exact) mass is 293 g/mol. The number of piperidine rings is 1. The predicted molar refractivity (Wildman–Crippen MR) is 89.8 cm³/mol. The third-order valence-corrected chi connectivity index (χ3v) is 4.32. The van der Waals surface area contributed by atoms with Crippen LogP contribution in [0, 0.1) is 0 Å². The Balaban J connectivity index is 1.89. The normalized spacial score (nSPS) is 15.4. The topological polar surface area (TPSA) is 70.8 Å². The number of aromatic nitrogens is 3. The molecule has 22 heavy (non-hydrogen) atoms. The van der Waals surface area contributed by atoms with Crippen LogP contribution in [-0.4, -0.2) is 28.0 Å². The summed E-state index contributed by atoms with van der Waals surface area (Å²) in [6.45, 7) is 2.22. The Morgan fingerprint density at radius 3 is 2.82 bits per heavy atom. The fraction of sp³-hybridized carbons (Fsp3) is 0.294. The van der Waals surface area contributed by atoms with Crippen molar-refractivity contribution in [3.8, 4) is 11.1 Å². The number of fused-ring (bicyclic) bond motifs is 1. The number of pyridine rings is 2. The molecular weight excluding hydrogens is 274 g/mol. The van der Waals surface area contributed by atoms with Gasteiger partial charge in [0.15, 0.2) is 0 Å². The van der Waals surface area contributed by atoms with Crippen molar-refractivity contribution in [2.24, 2.45) is 0 Å². The molecule has 0 saturated carbocycles. The van der Waals surface area contributed by atoms with E-state index in [0.717, 1.165) is 35.2 Å². The third kappa shape index (κ3) is 2.19. The largest absolute Gasteiger partial charge is 0.397 e. The molecule has 1 fully saturated rings. The first kappa shape index (κ1) is 13.1. The Hall–Kier alpha value is -2.56. The van der Waals surface area contributed by atoms with Crippen molar-refractivity contribution in [3.63, 3.8) is 0 Å². The molecule has 3 aromatic heterocycles. The highest BCUT2D eigenvalue weighted by atomic mass is 15.1. The highest BCUT2D eigenvalue weighted by molar-refractivity contribution is 6.02. The van der Waals surface area contributed by atoms with Crippen LogP contribution < -0.4 is 10.6 Å². The highest BCUT2D eigenvalue weighted by Gasteiger charge is 2.18. The number of H-pyrrole nitrogens is 1. The number of anilines is 2. The maximum Gasteiger partial charge on any atom is 0.139 e. The molecule has 0 bridgehead atoms. The van der Waals surface area contributed by atoms with Crippen molar-refractivity contribution in [2.45, 2.75) is 19.3 Å². The Morgan fingerprint density at radius 2 is 2.00 bits per heavy atom. The second kappa shape index (κ2) is 5.33. The van der Waals surface area contributed by atoms with Crippen LogP contribution in [0.3, 0.4) is 0 Å². The minimum absolute atomic E-state index is 0.676. The van der Waals surface area contributed by atoms with Gasteiger partial charge in [-0.2, -0.15) is 0 Å². The second-order valence-corrected chi connectivity index (χ2v) is 5.81. The van der Waals surface area contributed by atoms with Crippen LogP contribution in [0.5, 0.6) is 0 Å². The first-order valence-electron chi connectivity index (χ1n) is 7.75. The summed E-state index contributed by atoms with van der Waals surface area (Å²) in [7, 11) is 0. The highest BCUT2D eigenvalue weighted by Crippen LogP contribution is 2.36. The van der Waals surface area contributed by atoms with Crippen LogP contribution in [0.1, 0.15) is 19.3 Å². The molecule has 0 unspecified atom stereocenters. The van der Waals surface area contributed by atoms with E-state index in [1.807, 2.05) is 24.7 Å². The van der Waals surface area contributed by atoms with Gasteiger partial charge in [0.05, 0.1) is 5.69 Å². The third-order valence-electron chi connectivity index (χ3n) is 4.32. The van der Waals surface area contributed by atoms with Crippen LogP contribution in [0.2, 0.25) is 0 Å². The van der Waals surface area contributed by atoms with E-state index in [1.165, 1.54) is 24.9 Å². The molecule has 4 rings (SSSR count). The lowest BCUT2D eigenvalue weighted by atomic mass is 10.0. The first-order chi connectivity index (χ1) is 10.8. The maximum absolute atomic E-state index is 5.89. The molecule has 4 heterocycles. The number of nitrogens with two attached hydrogens (primary N) is 1. The van der Waals surface area contributed by atoms with E-state index in [-0.39, 0.29) is 0 Å². The van der Waals surface area contributed by atoms with Gasteiger partial charge in [0, 0.05) is 60.1 Å². The van der Waals surface area contributed by atoms with Gasteiger partial charge in [-0.3, -0.25) is 4.98 Å². The lowest BCUT2D eigenvalue weighted by Crippen LogP contribution is -2.29. The van der Waals surface area contributed by atoms with Gasteiger partial charge in [-0.25, -0.2) is 4.98 Å². The number of nitrogens with zero attached hydrogens (tertiary/aromatic N) is 3. The summed E-state index contributed by atoms with van der Waals surface area (Å²) >= 11 is 0. The van der Waals surface area contributed by atoms with Crippen molar-refractivity contribution >= 4 is 22.4 Å². The summed E-state index contributed by atoms with van der Waals surface area (Å²) in [5.74, 6) is 0. The zero-order valence-electron chi connectivity index (χ0n) is 12.4. The molecule has 5 nitrogen and oxygen atoms in total. The fourth-order valence-corrected chi connectivity index (χ4v) is 3.27. The summed E-state index contributed by atoms with van der Waals surface area (Å²) in [6.07, 6.45) is 11.2. The molecule has 1 aliphatic heterocycles. The van der Waals surface area contributed by atoms with Crippen molar-refractivity contribution in [1.29, 1.82) is 0 Å². The molecule has 3 aromatic rings. The minimum Gasteiger partial charge on any atom is -0.397 e. The summed E-state index contributed by atoms with van der Waals surface area (Å²) in [6, 6.07) is 4.08. The van der Waals surface area contributed by atoms with Gasteiger partial charge in [-0.15, -0.1) is 0 Å². The number of rotatable bonds is 2. The molecule has 5 heteroatoms. The van der Waals surface area contributed by atoms with Crippen LogP contribution in [0.4, 0.5) is 11.4 Å². The van der Waals surface area contributed by atoms with Gasteiger partial charge in [-0.05, 0) is 31.4 Å². The zero-order valence-corrected chi connectivity index (χ0v) is 12.4. The average Bonchev–Trinajstić information content (AvgIpc) is 3.00. The Bertz CT molecular complexity index is 802. The molecule has 0 spiro atoms. The van der Waals surface area contributed by atoms with Crippen LogP contribution in [0.25, 0.3) is 22.2 Å². The smallest absolute Gasteiger partial charge is 0.139 e. The Labute approximate surface area is 129 Å². The van der Waals surface area contributed by atoms with E-state index < -0.39 is 0 Å². The number of hydrogen-bond donors (Lipinski definition) is 2. The van der Waals surface area contributed by atoms with E-state index in [2.05, 4.69) is 25.9 Å². The van der Waals surface area contributed by atoms with E-state index in [9.17, 15) is 0 Å². The molecule has 0 radical (unpaired) electrons. The van der Waals surface area contributed by atoms with Crippen molar-refractivity contribution in [1.82, 2.24) is 15.0 Å². The van der Waals surface area contributed by atoms with Gasteiger partial charge < -0.3 is 15.6 Å². The summed E-state index contributed by atoms with van der Waals surface area (Å²) in [5, 5.41) is 1.16. The maximum atomic E-state index is 5.89. The quantitative estimate of drug-likeness (QED) is 0.761. The lowest BCUT2D eigenvalue weighted by Gasteiger charge is -2.29. The first-order valence-corrected chi connectivity index (χ1v) is 7.75. The predicted octanol–water partition coefficient (Wildman–Crippen LogP) is 3.20. The number of nitrogens with one attached hydrogen (secondary N) is 1. The standard InChI is InChI=1S/C17H19N5/c18-13-8-12(9-19-10-13)14-11-21-17-16(14)15(4-5-20-17)22-6-2-1-3-7-22/h4-5,8-11H,1-3,6-7,18H2,(H,20,21). The molecule has 0 amide bonds. The minimum atomic E-state index is 0.676. The molecule has 1 saturated heterocycles. The number of aromatic amines is 1. The van der Waals surface area contributed by atoms with Gasteiger partial charge in [-0.1, -0.05) is 0 Å². The average molecular weight is 293 g/mol. The van der Waals surface area contributed by atoms with Crippen LogP contribution >= 0.6 is 0 Å². The zero-order chi connectivity index (χ0) is 14.9. The lowest BCUT2D eigenvalue weighted by molar-refractivity contribution is 0.579. The van der Waals surface area contributed by atoms with E-state index in [0.29, 0.717) is 5.69 Å². The van der Waals surface area contributed by atoms with Gasteiger partial charge >= 0.3 is 0 Å². The van der Waals surface area contributed by atoms with Crippen molar-refractivity contribution < 1.29 is 0 Å². The molecule has 0 atom stereocenters. The number of nitrogen functional groups attached to an aromatic ring is 1. The van der Waals surface area contributed by atoms with E-state index >= 15 is 0 Å². The molecule has 112 valence electrons. The van der Waals surface area contributed by atoms with Gasteiger partial charge in [0.25, 0.3) is 0 Å². The summed E-state index contributed by atoms with van der Waals surface area (Å²) in [5.41, 5.74) is 10.9. The molecule has 3 N–H and O–H groups in total. The second-order valence-electron chi connectivity index (χ2n) is 5.81. The van der Waals surface area contributed by atoms with Crippen molar-refractivity contribution in [3.05, 3.63) is 36.9 Å². The van der Waals surface area contributed by atoms with Crippen LogP contribution in [0.15, 0.2) is 36.9 Å². The summed E-state index contributed by atoms with van der Waals surface area (Å²) < 4.78 is 0.